The number of carbonyl (C=O) groups is 2. The minimum Gasteiger partial charge on any atom is -0.481 e. The Kier molecular flexibility index (Phi) is 11.7. The first-order valence-corrected chi connectivity index (χ1v) is 10.5. The van der Waals surface area contributed by atoms with Crippen LogP contribution < -0.4 is 0 Å². The fourth-order valence-corrected chi connectivity index (χ4v) is 3.62. The number of hydrogen-bond acceptors (Lipinski definition) is 5. The molecule has 0 saturated heterocycles. The second-order valence-electron chi connectivity index (χ2n) is 6.40. The van der Waals surface area contributed by atoms with E-state index in [2.05, 4.69) is 6.92 Å². The molecule has 148 valence electrons. The number of aliphatic carboxylic acids is 1. The van der Waals surface area contributed by atoms with Crippen LogP contribution in [0.4, 0.5) is 0 Å². The van der Waals surface area contributed by atoms with E-state index in [-0.39, 0.29) is 13.0 Å². The number of carboxylic acids is 1. The first-order valence-electron chi connectivity index (χ1n) is 9.07. The predicted octanol–water partition coefficient (Wildman–Crippen LogP) is 3.57. The Morgan fingerprint density at radius 2 is 1.44 bits per heavy atom. The molecule has 0 saturated carbocycles. The molecular formula is C17H32O7S. The summed E-state index contributed by atoms with van der Waals surface area (Å²) in [6.45, 7) is 3.99. The molecule has 0 bridgehead atoms. The smallest absolute Gasteiger partial charge is 0.330 e. The van der Waals surface area contributed by atoms with Gasteiger partial charge in [-0.15, -0.1) is 0 Å². The van der Waals surface area contributed by atoms with Gasteiger partial charge in [0.15, 0.2) is 0 Å². The van der Waals surface area contributed by atoms with Gasteiger partial charge in [0.25, 0.3) is 10.1 Å². The van der Waals surface area contributed by atoms with Gasteiger partial charge in [0.05, 0.1) is 13.0 Å². The highest BCUT2D eigenvalue weighted by molar-refractivity contribution is 7.88. The molecule has 0 spiro atoms. The predicted molar refractivity (Wildman–Crippen MR) is 95.0 cm³/mol. The van der Waals surface area contributed by atoms with E-state index in [0.29, 0.717) is 19.3 Å². The van der Waals surface area contributed by atoms with Crippen LogP contribution in [0.2, 0.25) is 0 Å². The average Bonchev–Trinajstić information content (AvgIpc) is 2.51. The fourth-order valence-electron chi connectivity index (χ4n) is 2.64. The molecule has 1 atom stereocenters. The zero-order chi connectivity index (χ0) is 19.3. The van der Waals surface area contributed by atoms with E-state index < -0.39 is 33.2 Å². The number of unbranched alkanes of at least 4 members (excludes halogenated alkanes) is 7. The second kappa shape index (κ2) is 12.2. The number of carbonyl (C=O) groups excluding carboxylic acids is 1. The molecule has 0 heterocycles. The molecule has 0 aliphatic rings. The van der Waals surface area contributed by atoms with Crippen molar-refractivity contribution in [2.75, 3.05) is 6.61 Å². The van der Waals surface area contributed by atoms with Crippen LogP contribution in [0.3, 0.4) is 0 Å². The number of ether oxygens (including phenoxy) is 1. The average molecular weight is 381 g/mol. The lowest BCUT2D eigenvalue weighted by Crippen LogP contribution is -2.49. The standard InChI is InChI=1S/C17H32O7S/c1-3-5-7-8-9-10-11-12-17(14-15(18)19,25(21,22)23)16(20)24-13-6-4-2/h3-14H2,1-2H3,(H,18,19)(H,21,22,23). The van der Waals surface area contributed by atoms with Gasteiger partial charge in [0.2, 0.25) is 4.75 Å². The van der Waals surface area contributed by atoms with Crippen molar-refractivity contribution in [3.8, 4) is 0 Å². The van der Waals surface area contributed by atoms with Crippen LogP contribution >= 0.6 is 0 Å². The summed E-state index contributed by atoms with van der Waals surface area (Å²) in [4.78, 5) is 23.4. The van der Waals surface area contributed by atoms with Crippen molar-refractivity contribution in [2.45, 2.75) is 89.2 Å². The van der Waals surface area contributed by atoms with E-state index in [9.17, 15) is 22.6 Å². The van der Waals surface area contributed by atoms with Crippen LogP contribution in [0, 0.1) is 0 Å². The Hall–Kier alpha value is -1.15. The van der Waals surface area contributed by atoms with E-state index in [1.54, 1.807) is 0 Å². The third kappa shape index (κ3) is 8.67. The van der Waals surface area contributed by atoms with Crippen LogP contribution in [-0.4, -0.2) is 41.4 Å². The molecular weight excluding hydrogens is 348 g/mol. The topological polar surface area (TPSA) is 118 Å². The lowest BCUT2D eigenvalue weighted by molar-refractivity contribution is -0.151. The number of rotatable bonds is 15. The van der Waals surface area contributed by atoms with Gasteiger partial charge in [-0.25, -0.2) is 0 Å². The molecule has 0 aromatic carbocycles. The molecule has 1 unspecified atom stereocenters. The molecule has 7 nitrogen and oxygen atoms in total. The number of hydrogen-bond donors (Lipinski definition) is 2. The molecule has 8 heteroatoms. The molecule has 2 N–H and O–H groups in total. The summed E-state index contributed by atoms with van der Waals surface area (Å²) in [6.07, 6.45) is 6.26. The van der Waals surface area contributed by atoms with E-state index in [4.69, 9.17) is 9.84 Å². The van der Waals surface area contributed by atoms with Gasteiger partial charge in [-0.3, -0.25) is 14.1 Å². The van der Waals surface area contributed by atoms with Crippen LogP contribution in [0.25, 0.3) is 0 Å². The van der Waals surface area contributed by atoms with Crippen LogP contribution in [-0.2, 0) is 24.4 Å². The van der Waals surface area contributed by atoms with Crippen LogP contribution in [0.5, 0.6) is 0 Å². The van der Waals surface area contributed by atoms with Crippen molar-refractivity contribution in [2.24, 2.45) is 0 Å². The normalized spacial score (nSPS) is 14.0. The summed E-state index contributed by atoms with van der Waals surface area (Å²) in [6, 6.07) is 0. The van der Waals surface area contributed by atoms with Gasteiger partial charge < -0.3 is 9.84 Å². The summed E-state index contributed by atoms with van der Waals surface area (Å²) in [5.41, 5.74) is 0. The van der Waals surface area contributed by atoms with E-state index >= 15 is 0 Å². The van der Waals surface area contributed by atoms with Gasteiger partial charge >= 0.3 is 11.9 Å². The molecule has 0 aliphatic carbocycles. The second-order valence-corrected chi connectivity index (χ2v) is 8.13. The maximum atomic E-state index is 12.3. The lowest BCUT2D eigenvalue weighted by atomic mass is 9.96. The van der Waals surface area contributed by atoms with Crippen molar-refractivity contribution in [3.05, 3.63) is 0 Å². The van der Waals surface area contributed by atoms with Crippen molar-refractivity contribution < 1.29 is 32.4 Å². The minimum atomic E-state index is -4.91. The summed E-state index contributed by atoms with van der Waals surface area (Å²) < 4.78 is 35.8. The van der Waals surface area contributed by atoms with Crippen LogP contribution in [0.1, 0.15) is 84.5 Å². The lowest BCUT2D eigenvalue weighted by Gasteiger charge is -2.27. The molecule has 0 radical (unpaired) electrons. The highest BCUT2D eigenvalue weighted by Gasteiger charge is 2.52. The van der Waals surface area contributed by atoms with E-state index in [0.717, 1.165) is 38.5 Å². The maximum Gasteiger partial charge on any atom is 0.330 e. The molecule has 0 amide bonds. The highest BCUT2D eigenvalue weighted by Crippen LogP contribution is 2.30. The SMILES string of the molecule is CCCCCCCCCC(CC(=O)O)(C(=O)OCCCC)S(=O)(=O)O. The Bertz CT molecular complexity index is 501. The zero-order valence-corrected chi connectivity index (χ0v) is 16.1. The van der Waals surface area contributed by atoms with Crippen molar-refractivity contribution in [3.63, 3.8) is 0 Å². The number of esters is 1. The Morgan fingerprint density at radius 1 is 0.920 bits per heavy atom. The number of carboxylic acid groups (broad SMARTS) is 1. The summed E-state index contributed by atoms with van der Waals surface area (Å²) in [5, 5.41) is 9.05. The molecule has 0 fully saturated rings. The molecule has 0 aliphatic heterocycles. The van der Waals surface area contributed by atoms with Crippen molar-refractivity contribution in [1.82, 2.24) is 0 Å². The van der Waals surface area contributed by atoms with E-state index in [1.165, 1.54) is 0 Å². The largest absolute Gasteiger partial charge is 0.481 e. The molecule has 0 aromatic rings. The maximum absolute atomic E-state index is 12.3. The first-order chi connectivity index (χ1) is 11.7. The Morgan fingerprint density at radius 3 is 1.92 bits per heavy atom. The minimum absolute atomic E-state index is 0.00321. The molecule has 0 rings (SSSR count). The Balaban J connectivity index is 4.97. The first kappa shape index (κ1) is 23.9. The monoisotopic (exact) mass is 380 g/mol. The van der Waals surface area contributed by atoms with Crippen molar-refractivity contribution >= 4 is 22.1 Å². The van der Waals surface area contributed by atoms with Gasteiger partial charge in [-0.2, -0.15) is 8.42 Å². The third-order valence-corrected chi connectivity index (χ3v) is 5.72. The quantitative estimate of drug-likeness (QED) is 0.253. The van der Waals surface area contributed by atoms with Gasteiger partial charge in [-0.05, 0) is 12.8 Å². The summed E-state index contributed by atoms with van der Waals surface area (Å²) >= 11 is 0. The van der Waals surface area contributed by atoms with Crippen LogP contribution in [0.15, 0.2) is 0 Å². The fraction of sp³-hybridized carbons (Fsp3) is 0.882. The van der Waals surface area contributed by atoms with Gasteiger partial charge in [0.1, 0.15) is 0 Å². The van der Waals surface area contributed by atoms with E-state index in [1.807, 2.05) is 6.92 Å². The Labute approximate surface area is 150 Å². The van der Waals surface area contributed by atoms with Crippen molar-refractivity contribution in [1.29, 1.82) is 0 Å². The summed E-state index contributed by atoms with van der Waals surface area (Å²) in [7, 11) is -4.91. The van der Waals surface area contributed by atoms with Gasteiger partial charge in [0, 0.05) is 0 Å². The molecule has 25 heavy (non-hydrogen) atoms. The highest BCUT2D eigenvalue weighted by atomic mass is 32.2. The third-order valence-electron chi connectivity index (χ3n) is 4.22. The molecule has 0 aromatic heterocycles. The van der Waals surface area contributed by atoms with Gasteiger partial charge in [-0.1, -0.05) is 65.2 Å². The summed E-state index contributed by atoms with van der Waals surface area (Å²) in [5.74, 6) is -2.63. The zero-order valence-electron chi connectivity index (χ0n) is 15.3.